The number of benzene rings is 3. The summed E-state index contributed by atoms with van der Waals surface area (Å²) in [5, 5.41) is 6.78. The number of nitrogens with two attached hydrogens (primary N) is 1. The quantitative estimate of drug-likeness (QED) is 0.548. The van der Waals surface area contributed by atoms with Crippen LogP contribution in [-0.4, -0.2) is 17.8 Å². The number of nitrogens with zero attached hydrogens (tertiary/aromatic N) is 1. The second-order valence-electron chi connectivity index (χ2n) is 8.28. The molecule has 5 rings (SSSR count). The summed E-state index contributed by atoms with van der Waals surface area (Å²) in [6, 6.07) is 25.6. The van der Waals surface area contributed by atoms with Gasteiger partial charge in [-0.15, -0.1) is 0 Å². The van der Waals surface area contributed by atoms with Crippen LogP contribution in [0.15, 0.2) is 89.6 Å². The van der Waals surface area contributed by atoms with E-state index < -0.39 is 0 Å². The Kier molecular flexibility index (Phi) is 5.46. The first-order valence-electron chi connectivity index (χ1n) is 11.0. The molecule has 4 N–H and O–H groups in total. The van der Waals surface area contributed by atoms with E-state index in [0.29, 0.717) is 11.4 Å². The summed E-state index contributed by atoms with van der Waals surface area (Å²) in [6.07, 6.45) is 3.41. The summed E-state index contributed by atoms with van der Waals surface area (Å²) in [5.74, 6) is 0.552. The zero-order chi connectivity index (χ0) is 21.9. The lowest BCUT2D eigenvalue weighted by Gasteiger charge is -2.33. The number of aliphatic imine (C=N–C) groups is 1. The minimum atomic E-state index is -0.135. The number of nitrogen functional groups attached to an aromatic ring is 1. The molecule has 160 valence electrons. The van der Waals surface area contributed by atoms with Gasteiger partial charge in [-0.25, -0.2) is 4.99 Å². The second kappa shape index (κ2) is 8.71. The number of fused-ring (bicyclic) bond motifs is 2. The van der Waals surface area contributed by atoms with Crippen LogP contribution in [0.5, 0.6) is 0 Å². The number of aryl methyl sites for hydroxylation is 2. The van der Waals surface area contributed by atoms with Gasteiger partial charge in [0.25, 0.3) is 5.91 Å². The summed E-state index contributed by atoms with van der Waals surface area (Å²) in [5.41, 5.74) is 13.1. The van der Waals surface area contributed by atoms with E-state index in [1.54, 1.807) is 0 Å². The fourth-order valence-electron chi connectivity index (χ4n) is 4.39. The van der Waals surface area contributed by atoms with E-state index in [9.17, 15) is 4.79 Å². The molecule has 0 spiro atoms. The molecule has 2 aliphatic rings. The summed E-state index contributed by atoms with van der Waals surface area (Å²) in [7, 11) is 0. The maximum absolute atomic E-state index is 12.9. The molecule has 0 bridgehead atoms. The molecule has 1 amide bonds. The zero-order valence-electron chi connectivity index (χ0n) is 17.8. The van der Waals surface area contributed by atoms with E-state index in [1.165, 1.54) is 11.1 Å². The van der Waals surface area contributed by atoms with Crippen molar-refractivity contribution >= 4 is 23.1 Å². The van der Waals surface area contributed by atoms with E-state index in [1.807, 2.05) is 42.5 Å². The number of hydrogen-bond donors (Lipinski definition) is 3. The largest absolute Gasteiger partial charge is 0.399 e. The Balaban J connectivity index is 1.45. The molecule has 3 aromatic carbocycles. The molecule has 0 aromatic heterocycles. The minimum absolute atomic E-state index is 0.0925. The molecule has 1 aliphatic carbocycles. The average molecular weight is 423 g/mol. The molecule has 0 saturated heterocycles. The van der Waals surface area contributed by atoms with Crippen LogP contribution in [0.25, 0.3) is 5.70 Å². The van der Waals surface area contributed by atoms with Crippen LogP contribution < -0.4 is 16.4 Å². The number of nitrogens with one attached hydrogen (secondary N) is 2. The third-order valence-electron chi connectivity index (χ3n) is 6.06. The van der Waals surface area contributed by atoms with Crippen LogP contribution in [0.3, 0.4) is 0 Å². The van der Waals surface area contributed by atoms with Crippen molar-refractivity contribution in [1.82, 2.24) is 10.6 Å². The first-order chi connectivity index (χ1) is 15.7. The van der Waals surface area contributed by atoms with Gasteiger partial charge >= 0.3 is 0 Å². The Morgan fingerprint density at radius 1 is 1.00 bits per heavy atom. The molecular weight excluding hydrogens is 396 g/mol. The molecule has 5 heteroatoms. The number of hydrogen-bond acceptors (Lipinski definition) is 4. The van der Waals surface area contributed by atoms with Crippen LogP contribution in [0, 0.1) is 0 Å². The van der Waals surface area contributed by atoms with Crippen molar-refractivity contribution in [2.24, 2.45) is 4.99 Å². The van der Waals surface area contributed by atoms with Crippen molar-refractivity contribution in [3.05, 3.63) is 107 Å². The van der Waals surface area contributed by atoms with Gasteiger partial charge in [0.15, 0.2) is 0 Å². The van der Waals surface area contributed by atoms with Crippen LogP contribution in [0.4, 0.5) is 5.69 Å². The molecule has 0 fully saturated rings. The molecular formula is C27H26N4O. The number of carbonyl (C=O) groups excluding carboxylic acids is 1. The lowest BCUT2D eigenvalue weighted by molar-refractivity contribution is 0.0975. The summed E-state index contributed by atoms with van der Waals surface area (Å²) < 4.78 is 0. The SMILES string of the molecule is Nc1ccc2c(c1)CCC1=C2NC(CCc2ccccc2)C(NC(=O)c2ccccc2)=N1. The highest BCUT2D eigenvalue weighted by Gasteiger charge is 2.29. The standard InChI is InChI=1S/C27H26N4O/c28-21-13-14-22-20(17-21)12-16-23-25(22)29-24(15-11-18-7-3-1-4-8-18)26(30-23)31-27(32)19-9-5-2-6-10-19/h1-10,13-14,17,24,29H,11-12,15-16,28H2,(H,30,31,32). The Labute approximate surface area is 188 Å². The van der Waals surface area contributed by atoms with Crippen molar-refractivity contribution in [3.8, 4) is 0 Å². The normalized spacial score (nSPS) is 17.0. The highest BCUT2D eigenvalue weighted by Crippen LogP contribution is 2.34. The first kappa shape index (κ1) is 20.1. The van der Waals surface area contributed by atoms with E-state index in [4.69, 9.17) is 10.7 Å². The van der Waals surface area contributed by atoms with Gasteiger partial charge in [0.05, 0.1) is 17.4 Å². The van der Waals surface area contributed by atoms with Gasteiger partial charge in [-0.05, 0) is 61.1 Å². The highest BCUT2D eigenvalue weighted by atomic mass is 16.1. The Hall–Kier alpha value is -3.86. The van der Waals surface area contributed by atoms with Crippen molar-refractivity contribution in [3.63, 3.8) is 0 Å². The van der Waals surface area contributed by atoms with E-state index in [2.05, 4.69) is 47.0 Å². The molecule has 0 saturated carbocycles. The first-order valence-corrected chi connectivity index (χ1v) is 11.0. The van der Waals surface area contributed by atoms with Gasteiger partial charge in [-0.2, -0.15) is 0 Å². The lowest BCUT2D eigenvalue weighted by atomic mass is 9.90. The number of anilines is 1. The van der Waals surface area contributed by atoms with Crippen molar-refractivity contribution in [2.75, 3.05) is 5.73 Å². The molecule has 1 unspecified atom stereocenters. The molecule has 32 heavy (non-hydrogen) atoms. The summed E-state index contributed by atoms with van der Waals surface area (Å²) in [4.78, 5) is 17.8. The number of amides is 1. The van der Waals surface area contributed by atoms with Gasteiger partial charge in [0, 0.05) is 16.8 Å². The Bertz CT molecular complexity index is 1200. The van der Waals surface area contributed by atoms with Crippen molar-refractivity contribution in [2.45, 2.75) is 31.7 Å². The smallest absolute Gasteiger partial charge is 0.256 e. The van der Waals surface area contributed by atoms with Gasteiger partial charge in [-0.3, -0.25) is 4.79 Å². The number of carbonyl (C=O) groups is 1. The fraction of sp³-hybridized carbons (Fsp3) is 0.185. The van der Waals surface area contributed by atoms with Gasteiger partial charge in [0.2, 0.25) is 0 Å². The summed E-state index contributed by atoms with van der Waals surface area (Å²) in [6.45, 7) is 0. The van der Waals surface area contributed by atoms with Crippen LogP contribution >= 0.6 is 0 Å². The molecule has 5 nitrogen and oxygen atoms in total. The van der Waals surface area contributed by atoms with Crippen LogP contribution in [0.1, 0.15) is 39.9 Å². The lowest BCUT2D eigenvalue weighted by Crippen LogP contribution is -2.48. The molecule has 3 aromatic rings. The zero-order valence-corrected chi connectivity index (χ0v) is 17.8. The number of allylic oxidation sites excluding steroid dienone is 1. The topological polar surface area (TPSA) is 79.5 Å². The van der Waals surface area contributed by atoms with Gasteiger partial charge in [0.1, 0.15) is 5.84 Å². The predicted molar refractivity (Wildman–Crippen MR) is 129 cm³/mol. The van der Waals surface area contributed by atoms with Crippen LogP contribution in [-0.2, 0) is 12.8 Å². The maximum Gasteiger partial charge on any atom is 0.256 e. The van der Waals surface area contributed by atoms with E-state index in [0.717, 1.165) is 48.3 Å². The third-order valence-corrected chi connectivity index (χ3v) is 6.06. The summed E-state index contributed by atoms with van der Waals surface area (Å²) >= 11 is 0. The maximum atomic E-state index is 12.9. The molecule has 1 atom stereocenters. The number of amidine groups is 1. The van der Waals surface area contributed by atoms with Gasteiger partial charge < -0.3 is 16.4 Å². The number of rotatable bonds is 4. The Morgan fingerprint density at radius 3 is 2.53 bits per heavy atom. The second-order valence-corrected chi connectivity index (χ2v) is 8.28. The van der Waals surface area contributed by atoms with Gasteiger partial charge in [-0.1, -0.05) is 54.6 Å². The van der Waals surface area contributed by atoms with Crippen LogP contribution in [0.2, 0.25) is 0 Å². The molecule has 1 aliphatic heterocycles. The Morgan fingerprint density at radius 2 is 1.75 bits per heavy atom. The minimum Gasteiger partial charge on any atom is -0.399 e. The molecule has 1 heterocycles. The molecule has 0 radical (unpaired) electrons. The van der Waals surface area contributed by atoms with Crippen molar-refractivity contribution in [1.29, 1.82) is 0 Å². The van der Waals surface area contributed by atoms with E-state index >= 15 is 0 Å². The average Bonchev–Trinajstić information content (AvgIpc) is 2.83. The highest BCUT2D eigenvalue weighted by molar-refractivity contribution is 6.09. The monoisotopic (exact) mass is 422 g/mol. The van der Waals surface area contributed by atoms with E-state index in [-0.39, 0.29) is 11.9 Å². The fourth-order valence-corrected chi connectivity index (χ4v) is 4.39. The predicted octanol–water partition coefficient (Wildman–Crippen LogP) is 4.32. The third kappa shape index (κ3) is 4.14. The van der Waals surface area contributed by atoms with Crippen molar-refractivity contribution < 1.29 is 4.79 Å².